The van der Waals surface area contributed by atoms with Gasteiger partial charge in [-0.15, -0.1) is 0 Å². The Labute approximate surface area is 417 Å². The lowest BCUT2D eigenvalue weighted by Crippen LogP contribution is -2.65. The largest absolute Gasteiger partial charge is 0.394 e. The fraction of sp³-hybridized carbons (Fsp3) is 0.873. The minimum Gasteiger partial charge on any atom is -0.394 e. The van der Waals surface area contributed by atoms with E-state index in [1.807, 2.05) is 6.08 Å². The molecule has 12 atom stereocenters. The molecule has 0 bridgehead atoms. The van der Waals surface area contributed by atoms with Gasteiger partial charge in [0.1, 0.15) is 48.8 Å². The summed E-state index contributed by atoms with van der Waals surface area (Å²) < 4.78 is 22.7. The van der Waals surface area contributed by atoms with Crippen molar-refractivity contribution in [2.75, 3.05) is 19.8 Å². The molecule has 0 aliphatic carbocycles. The summed E-state index contributed by atoms with van der Waals surface area (Å²) in [5, 5.41) is 86.8. The number of amides is 1. The van der Waals surface area contributed by atoms with Crippen molar-refractivity contribution in [2.24, 2.45) is 0 Å². The van der Waals surface area contributed by atoms with Crippen LogP contribution >= 0.6 is 0 Å². The molecule has 2 fully saturated rings. The summed E-state index contributed by atoms with van der Waals surface area (Å²) in [5.41, 5.74) is 0. The molecule has 12 unspecified atom stereocenters. The molecule has 14 heteroatoms. The van der Waals surface area contributed by atoms with E-state index < -0.39 is 86.8 Å². The van der Waals surface area contributed by atoms with Gasteiger partial charge in [-0.2, -0.15) is 0 Å². The Kier molecular flexibility index (Phi) is 38.2. The third-order valence-electron chi connectivity index (χ3n) is 13.6. The van der Waals surface area contributed by atoms with E-state index >= 15 is 0 Å². The van der Waals surface area contributed by atoms with Crippen LogP contribution in [-0.2, 0) is 23.7 Å². The Hall–Kier alpha value is -1.79. The number of aliphatic hydroxyl groups is 8. The minimum atomic E-state index is -1.79. The van der Waals surface area contributed by atoms with Gasteiger partial charge in [-0.1, -0.05) is 192 Å². The molecule has 2 saturated heterocycles. The fourth-order valence-electron chi connectivity index (χ4n) is 9.03. The second-order valence-corrected chi connectivity index (χ2v) is 19.7. The van der Waals surface area contributed by atoms with Gasteiger partial charge < -0.3 is 65.1 Å². The van der Waals surface area contributed by atoms with Crippen LogP contribution in [0.15, 0.2) is 36.5 Å². The topological polar surface area (TPSA) is 228 Å². The predicted molar refractivity (Wildman–Crippen MR) is 272 cm³/mol. The summed E-state index contributed by atoms with van der Waals surface area (Å²) in [6.45, 7) is 2.77. The third-order valence-corrected chi connectivity index (χ3v) is 13.6. The summed E-state index contributed by atoms with van der Waals surface area (Å²) in [5.74, 6) is -0.243. The maximum Gasteiger partial charge on any atom is 0.220 e. The number of unbranched alkanes of at least 4 members (excludes halogenated alkanes) is 26. The van der Waals surface area contributed by atoms with Crippen LogP contribution in [0.2, 0.25) is 0 Å². The van der Waals surface area contributed by atoms with Crippen LogP contribution in [0.1, 0.15) is 213 Å². The highest BCUT2D eigenvalue weighted by molar-refractivity contribution is 5.76. The first kappa shape index (κ1) is 63.3. The average Bonchev–Trinajstić information content (AvgIpc) is 3.35. The maximum atomic E-state index is 13.2. The Morgan fingerprint density at radius 3 is 1.45 bits per heavy atom. The molecule has 1 amide bonds. The number of nitrogens with one attached hydrogen (secondary N) is 1. The Bertz CT molecular complexity index is 1300. The number of rotatable bonds is 43. The van der Waals surface area contributed by atoms with E-state index in [1.165, 1.54) is 141 Å². The van der Waals surface area contributed by atoms with Crippen LogP contribution in [0.3, 0.4) is 0 Å². The molecule has 0 radical (unpaired) electrons. The molecule has 2 aliphatic rings. The standard InChI is InChI=1S/C55H101NO13/c1-3-5-7-9-11-13-15-17-18-19-20-21-22-23-24-25-26-27-29-31-33-35-37-39-47(60)56-43(44(59)38-36-34-32-30-28-16-14-12-10-8-6-4-2)42-66-54-52(65)50(63)53(46(41-58)68-54)69-55-51(64)49(62)48(61)45(40-57)67-55/h15,17,19-20,36,38,43-46,48-55,57-59,61-65H,3-14,16,18,21-35,37,39-42H2,1-2H3,(H,56,60)/b17-15-,20-19-,38-36+. The van der Waals surface area contributed by atoms with Crippen LogP contribution in [-0.4, -0.2) is 140 Å². The number of hydrogen-bond acceptors (Lipinski definition) is 13. The van der Waals surface area contributed by atoms with Gasteiger partial charge in [0.2, 0.25) is 5.91 Å². The van der Waals surface area contributed by atoms with Crippen LogP contribution in [0.4, 0.5) is 0 Å². The van der Waals surface area contributed by atoms with Crippen molar-refractivity contribution in [3.8, 4) is 0 Å². The molecular weight excluding hydrogens is 883 g/mol. The first-order valence-corrected chi connectivity index (χ1v) is 27.7. The molecule has 69 heavy (non-hydrogen) atoms. The zero-order chi connectivity index (χ0) is 50.3. The molecule has 0 saturated carbocycles. The summed E-state index contributed by atoms with van der Waals surface area (Å²) in [4.78, 5) is 13.2. The summed E-state index contributed by atoms with van der Waals surface area (Å²) >= 11 is 0. The third kappa shape index (κ3) is 28.3. The smallest absolute Gasteiger partial charge is 0.220 e. The highest BCUT2D eigenvalue weighted by Crippen LogP contribution is 2.30. The summed E-state index contributed by atoms with van der Waals surface area (Å²) in [7, 11) is 0. The molecule has 2 rings (SSSR count). The van der Waals surface area contributed by atoms with Gasteiger partial charge in [-0.25, -0.2) is 0 Å². The highest BCUT2D eigenvalue weighted by atomic mass is 16.7. The second kappa shape index (κ2) is 41.7. The lowest BCUT2D eigenvalue weighted by molar-refractivity contribution is -0.359. The van der Waals surface area contributed by atoms with E-state index in [0.717, 1.165) is 44.9 Å². The number of hydrogen-bond donors (Lipinski definition) is 9. The van der Waals surface area contributed by atoms with Gasteiger partial charge in [-0.05, 0) is 51.4 Å². The zero-order valence-corrected chi connectivity index (χ0v) is 43.1. The molecule has 0 aromatic heterocycles. The van der Waals surface area contributed by atoms with Crippen molar-refractivity contribution < 1.29 is 64.6 Å². The fourth-order valence-corrected chi connectivity index (χ4v) is 9.03. The van der Waals surface area contributed by atoms with Crippen molar-refractivity contribution in [1.82, 2.24) is 5.32 Å². The molecular formula is C55H101NO13. The van der Waals surface area contributed by atoms with Gasteiger partial charge in [0.15, 0.2) is 12.6 Å². The lowest BCUT2D eigenvalue weighted by Gasteiger charge is -2.46. The average molecular weight is 984 g/mol. The van der Waals surface area contributed by atoms with E-state index in [1.54, 1.807) is 6.08 Å². The molecule has 404 valence electrons. The zero-order valence-electron chi connectivity index (χ0n) is 43.1. The molecule has 0 spiro atoms. The van der Waals surface area contributed by atoms with Crippen LogP contribution < -0.4 is 5.32 Å². The monoisotopic (exact) mass is 984 g/mol. The van der Waals surface area contributed by atoms with E-state index in [0.29, 0.717) is 6.42 Å². The number of allylic oxidation sites excluding steroid dienone is 5. The quantitative estimate of drug-likeness (QED) is 0.0207. The van der Waals surface area contributed by atoms with Gasteiger partial charge in [0.25, 0.3) is 0 Å². The number of aliphatic hydroxyl groups excluding tert-OH is 8. The molecule has 0 aromatic rings. The summed E-state index contributed by atoms with van der Waals surface area (Å²) in [6.07, 6.45) is 31.8. The first-order valence-electron chi connectivity index (χ1n) is 27.7. The Morgan fingerprint density at radius 1 is 0.522 bits per heavy atom. The Balaban J connectivity index is 1.76. The van der Waals surface area contributed by atoms with Crippen molar-refractivity contribution in [3.05, 3.63) is 36.5 Å². The second-order valence-electron chi connectivity index (χ2n) is 19.7. The number of carbonyl (C=O) groups excluding carboxylic acids is 1. The van der Waals surface area contributed by atoms with Gasteiger partial charge in [0, 0.05) is 6.42 Å². The van der Waals surface area contributed by atoms with Gasteiger partial charge in [0.05, 0.1) is 32.0 Å². The molecule has 9 N–H and O–H groups in total. The van der Waals surface area contributed by atoms with E-state index in [9.17, 15) is 45.6 Å². The SMILES string of the molecule is CCCCCCC/C=C\C/C=C\CCCCCCCCCCCCCC(=O)NC(COC1OC(CO)C(OC2OC(CO)C(O)C(O)C2O)C(O)C1O)C(O)/C=C/CCCCCCCCCCCC. The van der Waals surface area contributed by atoms with Crippen molar-refractivity contribution in [2.45, 2.75) is 286 Å². The van der Waals surface area contributed by atoms with Crippen LogP contribution in [0.25, 0.3) is 0 Å². The molecule has 0 aromatic carbocycles. The molecule has 14 nitrogen and oxygen atoms in total. The highest BCUT2D eigenvalue weighted by Gasteiger charge is 2.51. The van der Waals surface area contributed by atoms with Crippen molar-refractivity contribution >= 4 is 5.91 Å². The number of ether oxygens (including phenoxy) is 4. The first-order chi connectivity index (χ1) is 33.6. The van der Waals surface area contributed by atoms with Crippen LogP contribution in [0, 0.1) is 0 Å². The van der Waals surface area contributed by atoms with E-state index in [2.05, 4.69) is 43.5 Å². The maximum absolute atomic E-state index is 13.2. The van der Waals surface area contributed by atoms with Gasteiger partial charge in [-0.3, -0.25) is 4.79 Å². The van der Waals surface area contributed by atoms with Gasteiger partial charge >= 0.3 is 0 Å². The predicted octanol–water partition coefficient (Wildman–Crippen LogP) is 8.27. The lowest BCUT2D eigenvalue weighted by atomic mass is 9.97. The molecule has 2 heterocycles. The van der Waals surface area contributed by atoms with E-state index in [4.69, 9.17) is 18.9 Å². The molecule has 2 aliphatic heterocycles. The van der Waals surface area contributed by atoms with E-state index in [-0.39, 0.29) is 18.9 Å². The van der Waals surface area contributed by atoms with Crippen molar-refractivity contribution in [3.63, 3.8) is 0 Å². The van der Waals surface area contributed by atoms with Crippen LogP contribution in [0.5, 0.6) is 0 Å². The summed E-state index contributed by atoms with van der Waals surface area (Å²) in [6, 6.07) is -0.913. The normalized spacial score (nSPS) is 26.4. The van der Waals surface area contributed by atoms with Crippen molar-refractivity contribution in [1.29, 1.82) is 0 Å². The minimum absolute atomic E-state index is 0.243. The number of carbonyl (C=O) groups is 1. The Morgan fingerprint density at radius 2 is 0.957 bits per heavy atom.